The van der Waals surface area contributed by atoms with Crippen LogP contribution < -0.4 is 5.14 Å². The van der Waals surface area contributed by atoms with Crippen molar-refractivity contribution in [1.29, 1.82) is 0 Å². The predicted octanol–water partition coefficient (Wildman–Crippen LogP) is 5.39. The Morgan fingerprint density at radius 2 is 1.55 bits per heavy atom. The van der Waals surface area contributed by atoms with Crippen molar-refractivity contribution in [3.05, 3.63) is 88.7 Å². The summed E-state index contributed by atoms with van der Waals surface area (Å²) in [6, 6.07) is 19.1. The average molecular weight is 502 g/mol. The van der Waals surface area contributed by atoms with Crippen molar-refractivity contribution in [3.8, 4) is 28.2 Å². The van der Waals surface area contributed by atoms with Gasteiger partial charge in [-0.2, -0.15) is 0 Å². The van der Waals surface area contributed by atoms with E-state index in [1.165, 1.54) is 12.1 Å². The average Bonchev–Trinajstić information content (AvgIpc) is 3.19. The van der Waals surface area contributed by atoms with Crippen molar-refractivity contribution < 1.29 is 13.5 Å². The van der Waals surface area contributed by atoms with Gasteiger partial charge < -0.3 is 5.11 Å². The molecular weight excluding hydrogens is 481 g/mol. The molecule has 0 bridgehead atoms. The van der Waals surface area contributed by atoms with Gasteiger partial charge in [-0.25, -0.2) is 18.5 Å². The molecule has 1 aromatic heterocycles. The molecule has 3 N–H and O–H groups in total. The number of nitrogens with zero attached hydrogens (tertiary/aromatic N) is 2. The standard InChI is InChI=1S/C24H21Cl2N3O3S/c1-24(2,30)21-14-29(23(28-21)22-19(25)7-4-8-20(22)26)17-11-9-15(10-12-17)16-5-3-6-18(13-16)33(27,31)32/h3-14,30H,1-2H3,(H2,27,31,32). The Morgan fingerprint density at radius 3 is 2.12 bits per heavy atom. The molecule has 3 aromatic carbocycles. The fourth-order valence-electron chi connectivity index (χ4n) is 3.43. The van der Waals surface area contributed by atoms with Gasteiger partial charge in [0.2, 0.25) is 10.0 Å². The van der Waals surface area contributed by atoms with Gasteiger partial charge in [0.05, 0.1) is 26.2 Å². The van der Waals surface area contributed by atoms with Gasteiger partial charge in [-0.05, 0) is 61.4 Å². The summed E-state index contributed by atoms with van der Waals surface area (Å²) in [7, 11) is -3.80. The Labute approximate surface area is 202 Å². The summed E-state index contributed by atoms with van der Waals surface area (Å²) in [4.78, 5) is 4.68. The fourth-order valence-corrected chi connectivity index (χ4v) is 4.55. The minimum Gasteiger partial charge on any atom is -0.384 e. The van der Waals surface area contributed by atoms with E-state index in [9.17, 15) is 13.5 Å². The molecule has 0 aliphatic heterocycles. The summed E-state index contributed by atoms with van der Waals surface area (Å²) in [6.45, 7) is 3.30. The van der Waals surface area contributed by atoms with E-state index in [4.69, 9.17) is 28.3 Å². The van der Waals surface area contributed by atoms with E-state index in [0.29, 0.717) is 32.7 Å². The third-order valence-electron chi connectivity index (χ3n) is 5.16. The Morgan fingerprint density at radius 1 is 0.939 bits per heavy atom. The first-order chi connectivity index (χ1) is 15.4. The van der Waals surface area contributed by atoms with Crippen LogP contribution in [0.15, 0.2) is 77.8 Å². The molecule has 0 saturated heterocycles. The lowest BCUT2D eigenvalue weighted by Crippen LogP contribution is -2.15. The summed E-state index contributed by atoms with van der Waals surface area (Å²) in [5.74, 6) is 0.492. The second-order valence-corrected chi connectivity index (χ2v) is 10.5. The van der Waals surface area contributed by atoms with E-state index in [0.717, 1.165) is 11.3 Å². The number of aliphatic hydroxyl groups is 1. The van der Waals surface area contributed by atoms with Crippen LogP contribution in [0.25, 0.3) is 28.2 Å². The van der Waals surface area contributed by atoms with Crippen molar-refractivity contribution >= 4 is 33.2 Å². The lowest BCUT2D eigenvalue weighted by atomic mass is 10.1. The molecule has 170 valence electrons. The summed E-state index contributed by atoms with van der Waals surface area (Å²) >= 11 is 12.9. The summed E-state index contributed by atoms with van der Waals surface area (Å²) in [5, 5.41) is 16.7. The minimum absolute atomic E-state index is 0.0455. The molecule has 33 heavy (non-hydrogen) atoms. The molecule has 0 atom stereocenters. The highest BCUT2D eigenvalue weighted by Gasteiger charge is 2.25. The molecule has 6 nitrogen and oxygen atoms in total. The second kappa shape index (κ2) is 8.59. The largest absolute Gasteiger partial charge is 0.384 e. The van der Waals surface area contributed by atoms with E-state index in [1.54, 1.807) is 44.3 Å². The van der Waals surface area contributed by atoms with Crippen molar-refractivity contribution in [2.24, 2.45) is 5.14 Å². The molecule has 0 unspecified atom stereocenters. The van der Waals surface area contributed by atoms with Gasteiger partial charge >= 0.3 is 0 Å². The topological polar surface area (TPSA) is 98.2 Å². The third kappa shape index (κ3) is 4.83. The molecule has 0 aliphatic carbocycles. The number of imidazole rings is 1. The van der Waals surface area contributed by atoms with Crippen molar-refractivity contribution in [1.82, 2.24) is 9.55 Å². The van der Waals surface area contributed by atoms with Gasteiger partial charge in [-0.3, -0.25) is 4.57 Å². The van der Waals surface area contributed by atoms with Gasteiger partial charge in [-0.15, -0.1) is 0 Å². The highest BCUT2D eigenvalue weighted by molar-refractivity contribution is 7.89. The van der Waals surface area contributed by atoms with E-state index in [2.05, 4.69) is 4.98 Å². The molecular formula is C24H21Cl2N3O3S. The second-order valence-electron chi connectivity index (χ2n) is 8.10. The molecule has 0 amide bonds. The highest BCUT2D eigenvalue weighted by atomic mass is 35.5. The van der Waals surface area contributed by atoms with E-state index >= 15 is 0 Å². The van der Waals surface area contributed by atoms with Crippen LogP contribution >= 0.6 is 23.2 Å². The van der Waals surface area contributed by atoms with Crippen LogP contribution in [-0.2, 0) is 15.6 Å². The van der Waals surface area contributed by atoms with E-state index in [-0.39, 0.29) is 4.90 Å². The van der Waals surface area contributed by atoms with Gasteiger partial charge in [-0.1, -0.05) is 53.5 Å². The summed E-state index contributed by atoms with van der Waals surface area (Å²) in [5.41, 5.74) is 2.12. The molecule has 0 saturated carbocycles. The van der Waals surface area contributed by atoms with Crippen LogP contribution in [0.4, 0.5) is 0 Å². The third-order valence-corrected chi connectivity index (χ3v) is 6.70. The van der Waals surface area contributed by atoms with Crippen LogP contribution in [-0.4, -0.2) is 23.1 Å². The number of sulfonamides is 1. The Kier molecular flexibility index (Phi) is 6.11. The van der Waals surface area contributed by atoms with Crippen LogP contribution in [0.1, 0.15) is 19.5 Å². The van der Waals surface area contributed by atoms with Crippen LogP contribution in [0.3, 0.4) is 0 Å². The van der Waals surface area contributed by atoms with Gasteiger partial charge in [0, 0.05) is 11.9 Å². The molecule has 1 heterocycles. The first-order valence-electron chi connectivity index (χ1n) is 9.95. The van der Waals surface area contributed by atoms with Crippen molar-refractivity contribution in [3.63, 3.8) is 0 Å². The number of nitrogens with two attached hydrogens (primary N) is 1. The monoisotopic (exact) mass is 501 g/mol. The molecule has 4 rings (SSSR count). The minimum atomic E-state index is -3.80. The van der Waals surface area contributed by atoms with Gasteiger partial charge in [0.25, 0.3) is 0 Å². The SMILES string of the molecule is CC(C)(O)c1cn(-c2ccc(-c3cccc(S(N)(=O)=O)c3)cc2)c(-c2c(Cl)cccc2Cl)n1. The lowest BCUT2D eigenvalue weighted by Gasteiger charge is -2.13. The number of benzene rings is 3. The van der Waals surface area contributed by atoms with E-state index in [1.807, 2.05) is 34.9 Å². The number of hydrogen-bond acceptors (Lipinski definition) is 4. The summed E-state index contributed by atoms with van der Waals surface area (Å²) < 4.78 is 25.2. The number of rotatable bonds is 5. The molecule has 0 fully saturated rings. The molecule has 0 radical (unpaired) electrons. The fraction of sp³-hybridized carbons (Fsp3) is 0.125. The van der Waals surface area contributed by atoms with Crippen molar-refractivity contribution in [2.45, 2.75) is 24.3 Å². The Bertz CT molecular complexity index is 1420. The maximum atomic E-state index is 11.7. The molecule has 9 heteroatoms. The normalized spacial score (nSPS) is 12.2. The summed E-state index contributed by atoms with van der Waals surface area (Å²) in [6.07, 6.45) is 1.74. The van der Waals surface area contributed by atoms with Crippen LogP contribution in [0, 0.1) is 0 Å². The lowest BCUT2D eigenvalue weighted by molar-refractivity contribution is 0.0743. The molecule has 0 spiro atoms. The first kappa shape index (κ1) is 23.5. The van der Waals surface area contributed by atoms with Crippen molar-refractivity contribution in [2.75, 3.05) is 0 Å². The first-order valence-corrected chi connectivity index (χ1v) is 12.3. The number of hydrogen-bond donors (Lipinski definition) is 2. The number of halogens is 2. The van der Waals surface area contributed by atoms with Gasteiger partial charge in [0.15, 0.2) is 0 Å². The quantitative estimate of drug-likeness (QED) is 0.383. The number of primary sulfonamides is 1. The van der Waals surface area contributed by atoms with E-state index < -0.39 is 15.6 Å². The zero-order valence-corrected chi connectivity index (χ0v) is 20.2. The smallest absolute Gasteiger partial charge is 0.238 e. The molecule has 0 aliphatic rings. The predicted molar refractivity (Wildman–Crippen MR) is 131 cm³/mol. The highest BCUT2D eigenvalue weighted by Crippen LogP contribution is 2.37. The number of aromatic nitrogens is 2. The zero-order chi connectivity index (χ0) is 24.0. The van der Waals surface area contributed by atoms with Crippen LogP contribution in [0.2, 0.25) is 10.0 Å². The molecule has 4 aromatic rings. The Balaban J connectivity index is 1.83. The van der Waals surface area contributed by atoms with Gasteiger partial charge in [0.1, 0.15) is 11.4 Å². The Hall–Kier alpha value is -2.68. The maximum absolute atomic E-state index is 11.7. The van der Waals surface area contributed by atoms with Crippen LogP contribution in [0.5, 0.6) is 0 Å². The maximum Gasteiger partial charge on any atom is 0.238 e. The zero-order valence-electron chi connectivity index (χ0n) is 17.8.